The van der Waals surface area contributed by atoms with Gasteiger partial charge in [-0.3, -0.25) is 4.79 Å². The quantitative estimate of drug-likeness (QED) is 0.586. The molecule has 1 rings (SSSR count). The third kappa shape index (κ3) is 3.31. The molecule has 1 N–H and O–H groups in total. The molecule has 0 aromatic carbocycles. The maximum Gasteiger partial charge on any atom is 0.356 e. The summed E-state index contributed by atoms with van der Waals surface area (Å²) >= 11 is 0. The molecule has 0 saturated heterocycles. The van der Waals surface area contributed by atoms with E-state index in [1.165, 1.54) is 17.9 Å². The van der Waals surface area contributed by atoms with Crippen LogP contribution in [0.2, 0.25) is 0 Å². The molecular weight excluding hydrogens is 236 g/mol. The minimum absolute atomic E-state index is 0.0261. The normalized spacial score (nSPS) is 9.61. The van der Waals surface area contributed by atoms with Crippen LogP contribution in [-0.4, -0.2) is 35.1 Å². The van der Waals surface area contributed by atoms with Gasteiger partial charge in [-0.2, -0.15) is 5.26 Å². The summed E-state index contributed by atoms with van der Waals surface area (Å²) in [4.78, 5) is 27.0. The van der Waals surface area contributed by atoms with Crippen LogP contribution in [0.25, 0.3) is 0 Å². The number of nitrogens with one attached hydrogen (secondary N) is 1. The lowest BCUT2D eigenvalue weighted by Crippen LogP contribution is -2.29. The Morgan fingerprint density at radius 1 is 1.61 bits per heavy atom. The summed E-state index contributed by atoms with van der Waals surface area (Å²) < 4.78 is 6.06. The Bertz CT molecular complexity index is 487. The van der Waals surface area contributed by atoms with Crippen LogP contribution in [0.5, 0.6) is 0 Å². The molecule has 0 aliphatic carbocycles. The zero-order valence-corrected chi connectivity index (χ0v) is 10.3. The third-order valence-electron chi connectivity index (χ3n) is 2.31. The van der Waals surface area contributed by atoms with Crippen LogP contribution >= 0.6 is 0 Å². The number of nitriles is 1. The van der Waals surface area contributed by atoms with Crippen molar-refractivity contribution in [3.8, 4) is 6.07 Å². The SMILES string of the molecule is COC(=O)c1cnc(C)n1CC(=O)NCCC#N. The molecule has 0 saturated carbocycles. The van der Waals surface area contributed by atoms with E-state index in [2.05, 4.69) is 15.0 Å². The first-order valence-electron chi connectivity index (χ1n) is 5.34. The summed E-state index contributed by atoms with van der Waals surface area (Å²) in [5.41, 5.74) is 0.227. The first-order valence-corrected chi connectivity index (χ1v) is 5.34. The second-order valence-electron chi connectivity index (χ2n) is 3.53. The van der Waals surface area contributed by atoms with Crippen LogP contribution in [-0.2, 0) is 16.1 Å². The fraction of sp³-hybridized carbons (Fsp3) is 0.455. The minimum atomic E-state index is -0.541. The van der Waals surface area contributed by atoms with Crippen molar-refractivity contribution >= 4 is 11.9 Å². The highest BCUT2D eigenvalue weighted by atomic mass is 16.5. The molecule has 1 heterocycles. The average molecular weight is 250 g/mol. The number of hydrogen-bond acceptors (Lipinski definition) is 5. The molecule has 96 valence electrons. The van der Waals surface area contributed by atoms with Crippen molar-refractivity contribution in [3.63, 3.8) is 0 Å². The maximum absolute atomic E-state index is 11.6. The van der Waals surface area contributed by atoms with Crippen LogP contribution in [0, 0.1) is 18.3 Å². The van der Waals surface area contributed by atoms with Gasteiger partial charge in [0.05, 0.1) is 25.8 Å². The van der Waals surface area contributed by atoms with E-state index < -0.39 is 5.97 Å². The van der Waals surface area contributed by atoms with E-state index in [0.717, 1.165) is 0 Å². The van der Waals surface area contributed by atoms with Gasteiger partial charge >= 0.3 is 5.97 Å². The van der Waals surface area contributed by atoms with Gasteiger partial charge < -0.3 is 14.6 Å². The first kappa shape index (κ1) is 13.7. The third-order valence-corrected chi connectivity index (χ3v) is 2.31. The van der Waals surface area contributed by atoms with Crippen molar-refractivity contribution in [2.45, 2.75) is 19.9 Å². The number of carbonyl (C=O) groups excluding carboxylic acids is 2. The largest absolute Gasteiger partial charge is 0.464 e. The fourth-order valence-electron chi connectivity index (χ4n) is 1.39. The Kier molecular flexibility index (Phi) is 4.87. The summed E-state index contributed by atoms with van der Waals surface area (Å²) in [6, 6.07) is 1.92. The number of ether oxygens (including phenoxy) is 1. The summed E-state index contributed by atoms with van der Waals surface area (Å²) in [7, 11) is 1.27. The smallest absolute Gasteiger partial charge is 0.356 e. The predicted molar refractivity (Wildman–Crippen MR) is 61.5 cm³/mol. The molecule has 0 fully saturated rings. The molecule has 18 heavy (non-hydrogen) atoms. The van der Waals surface area contributed by atoms with E-state index in [-0.39, 0.29) is 31.1 Å². The molecule has 0 atom stereocenters. The van der Waals surface area contributed by atoms with Crippen LogP contribution < -0.4 is 5.32 Å². The molecule has 1 amide bonds. The van der Waals surface area contributed by atoms with Crippen LogP contribution in [0.3, 0.4) is 0 Å². The van der Waals surface area contributed by atoms with Crippen LogP contribution in [0.1, 0.15) is 22.7 Å². The zero-order valence-electron chi connectivity index (χ0n) is 10.3. The van der Waals surface area contributed by atoms with Gasteiger partial charge in [0, 0.05) is 6.54 Å². The number of amides is 1. The molecule has 0 spiro atoms. The number of nitrogens with zero attached hydrogens (tertiary/aromatic N) is 3. The van der Waals surface area contributed by atoms with Crippen molar-refractivity contribution in [2.24, 2.45) is 0 Å². The van der Waals surface area contributed by atoms with Gasteiger partial charge in [-0.1, -0.05) is 0 Å². The molecular formula is C11H14N4O3. The van der Waals surface area contributed by atoms with Crippen LogP contribution in [0.15, 0.2) is 6.20 Å². The zero-order chi connectivity index (χ0) is 13.5. The highest BCUT2D eigenvalue weighted by molar-refractivity contribution is 5.88. The standard InChI is InChI=1S/C11H14N4O3/c1-8-14-6-9(11(17)18-2)15(8)7-10(16)13-5-3-4-12/h6H,3,5,7H2,1-2H3,(H,13,16). The lowest BCUT2D eigenvalue weighted by molar-refractivity contribution is -0.121. The molecule has 0 radical (unpaired) electrons. The number of aromatic nitrogens is 2. The number of rotatable bonds is 5. The number of hydrogen-bond donors (Lipinski definition) is 1. The van der Waals surface area contributed by atoms with Gasteiger partial charge in [0.15, 0.2) is 0 Å². The molecule has 7 heteroatoms. The van der Waals surface area contributed by atoms with Gasteiger partial charge in [0.2, 0.25) is 5.91 Å². The summed E-state index contributed by atoms with van der Waals surface area (Å²) in [5.74, 6) is -0.275. The minimum Gasteiger partial charge on any atom is -0.464 e. The van der Waals surface area contributed by atoms with Crippen molar-refractivity contribution in [1.29, 1.82) is 5.26 Å². The number of aryl methyl sites for hydroxylation is 1. The van der Waals surface area contributed by atoms with Gasteiger partial charge in [0.1, 0.15) is 18.1 Å². The van der Waals surface area contributed by atoms with Gasteiger partial charge in [-0.25, -0.2) is 9.78 Å². The second kappa shape index (κ2) is 6.39. The van der Waals surface area contributed by atoms with Crippen molar-refractivity contribution in [2.75, 3.05) is 13.7 Å². The molecule has 1 aromatic heterocycles. The van der Waals surface area contributed by atoms with Gasteiger partial charge in [-0.05, 0) is 6.92 Å². The molecule has 7 nitrogen and oxygen atoms in total. The fourth-order valence-corrected chi connectivity index (χ4v) is 1.39. The second-order valence-corrected chi connectivity index (χ2v) is 3.53. The summed E-state index contributed by atoms with van der Waals surface area (Å²) in [6.45, 7) is 1.95. The molecule has 0 aliphatic rings. The monoisotopic (exact) mass is 250 g/mol. The van der Waals surface area contributed by atoms with Crippen molar-refractivity contribution in [3.05, 3.63) is 17.7 Å². The summed E-state index contributed by atoms with van der Waals surface area (Å²) in [5, 5.41) is 10.9. The van der Waals surface area contributed by atoms with E-state index in [9.17, 15) is 9.59 Å². The maximum atomic E-state index is 11.6. The lowest BCUT2D eigenvalue weighted by atomic mass is 10.4. The molecule has 1 aromatic rings. The Morgan fingerprint density at radius 3 is 2.94 bits per heavy atom. The van der Waals surface area contributed by atoms with E-state index >= 15 is 0 Å². The lowest BCUT2D eigenvalue weighted by Gasteiger charge is -2.08. The van der Waals surface area contributed by atoms with Crippen molar-refractivity contribution in [1.82, 2.24) is 14.9 Å². The number of imidazole rings is 1. The Morgan fingerprint density at radius 2 is 2.33 bits per heavy atom. The average Bonchev–Trinajstić information content (AvgIpc) is 2.71. The van der Waals surface area contributed by atoms with Crippen LogP contribution in [0.4, 0.5) is 0 Å². The van der Waals surface area contributed by atoms with E-state index in [1.807, 2.05) is 6.07 Å². The Hall–Kier alpha value is -2.36. The number of esters is 1. The molecule has 0 unspecified atom stereocenters. The van der Waals surface area contributed by atoms with E-state index in [0.29, 0.717) is 5.82 Å². The highest BCUT2D eigenvalue weighted by Crippen LogP contribution is 2.06. The van der Waals surface area contributed by atoms with Crippen molar-refractivity contribution < 1.29 is 14.3 Å². The predicted octanol–water partition coefficient (Wildman–Crippen LogP) is 0.00800. The van der Waals surface area contributed by atoms with Gasteiger partial charge in [-0.15, -0.1) is 0 Å². The number of methoxy groups -OCH3 is 1. The Balaban J connectivity index is 2.72. The topological polar surface area (TPSA) is 97.0 Å². The molecule has 0 aliphatic heterocycles. The van der Waals surface area contributed by atoms with E-state index in [1.54, 1.807) is 6.92 Å². The summed E-state index contributed by atoms with van der Waals surface area (Å²) in [6.07, 6.45) is 1.61. The van der Waals surface area contributed by atoms with E-state index in [4.69, 9.17) is 5.26 Å². The number of carbonyl (C=O) groups is 2. The first-order chi connectivity index (χ1) is 8.60. The molecule has 0 bridgehead atoms. The highest BCUT2D eigenvalue weighted by Gasteiger charge is 2.16. The Labute approximate surface area is 104 Å². The van der Waals surface area contributed by atoms with Gasteiger partial charge in [0.25, 0.3) is 0 Å².